The molecule has 0 aliphatic carbocycles. The van der Waals surface area contributed by atoms with E-state index in [0.29, 0.717) is 17.4 Å². The Morgan fingerprint density at radius 2 is 2.14 bits per heavy atom. The van der Waals surface area contributed by atoms with Crippen molar-refractivity contribution >= 4 is 26.5 Å². The molecule has 21 heavy (non-hydrogen) atoms. The SMILES string of the molecule is CNCc1ccc(S(=O)(=O)Nc2nc(C)cs2)c(OC)c1. The van der Waals surface area contributed by atoms with Gasteiger partial charge in [0.1, 0.15) is 10.6 Å². The fraction of sp³-hybridized carbons (Fsp3) is 0.308. The van der Waals surface area contributed by atoms with E-state index in [9.17, 15) is 8.42 Å². The number of hydrogen-bond acceptors (Lipinski definition) is 6. The average molecular weight is 327 g/mol. The largest absolute Gasteiger partial charge is 0.495 e. The van der Waals surface area contributed by atoms with Crippen molar-refractivity contribution < 1.29 is 13.2 Å². The maximum atomic E-state index is 12.4. The number of nitrogens with one attached hydrogen (secondary N) is 2. The number of methoxy groups -OCH3 is 1. The second-order valence-electron chi connectivity index (χ2n) is 4.42. The highest BCUT2D eigenvalue weighted by Gasteiger charge is 2.21. The molecule has 0 saturated carbocycles. The molecule has 0 radical (unpaired) electrons. The molecule has 0 unspecified atom stereocenters. The molecule has 0 amide bonds. The van der Waals surface area contributed by atoms with Crippen LogP contribution in [0.5, 0.6) is 5.75 Å². The average Bonchev–Trinajstić information content (AvgIpc) is 2.83. The first-order valence-corrected chi connectivity index (χ1v) is 8.59. The standard InChI is InChI=1S/C13H17N3O3S2/c1-9-8-20-13(15-9)16-21(17,18)12-5-4-10(7-14-2)6-11(12)19-3/h4-6,8,14H,7H2,1-3H3,(H,15,16). The Morgan fingerprint density at radius 1 is 1.38 bits per heavy atom. The van der Waals surface area contributed by atoms with E-state index in [0.717, 1.165) is 11.3 Å². The quantitative estimate of drug-likeness (QED) is 0.848. The third-order valence-electron chi connectivity index (χ3n) is 2.74. The van der Waals surface area contributed by atoms with Gasteiger partial charge in [0.15, 0.2) is 5.13 Å². The molecule has 114 valence electrons. The monoisotopic (exact) mass is 327 g/mol. The van der Waals surface area contributed by atoms with Crippen LogP contribution in [0.25, 0.3) is 0 Å². The predicted molar refractivity (Wildman–Crippen MR) is 83.4 cm³/mol. The molecule has 0 aliphatic rings. The highest BCUT2D eigenvalue weighted by Crippen LogP contribution is 2.27. The Kier molecular flexibility index (Phi) is 4.81. The zero-order chi connectivity index (χ0) is 15.5. The number of hydrogen-bond donors (Lipinski definition) is 2. The molecule has 6 nitrogen and oxygen atoms in total. The number of nitrogens with zero attached hydrogens (tertiary/aromatic N) is 1. The molecule has 0 fully saturated rings. The fourth-order valence-electron chi connectivity index (χ4n) is 1.82. The summed E-state index contributed by atoms with van der Waals surface area (Å²) in [4.78, 5) is 4.20. The minimum Gasteiger partial charge on any atom is -0.495 e. The number of benzene rings is 1. The normalized spacial score (nSPS) is 11.4. The van der Waals surface area contributed by atoms with E-state index in [2.05, 4.69) is 15.0 Å². The second kappa shape index (κ2) is 6.42. The maximum absolute atomic E-state index is 12.4. The summed E-state index contributed by atoms with van der Waals surface area (Å²) in [6, 6.07) is 4.99. The van der Waals surface area contributed by atoms with Gasteiger partial charge in [-0.1, -0.05) is 6.07 Å². The van der Waals surface area contributed by atoms with Gasteiger partial charge in [-0.2, -0.15) is 0 Å². The highest BCUT2D eigenvalue weighted by molar-refractivity contribution is 7.93. The van der Waals surface area contributed by atoms with Crippen molar-refractivity contribution in [3.63, 3.8) is 0 Å². The predicted octanol–water partition coefficient (Wildman–Crippen LogP) is 1.98. The molecule has 0 spiro atoms. The Hall–Kier alpha value is -1.64. The summed E-state index contributed by atoms with van der Waals surface area (Å²) < 4.78 is 32.5. The van der Waals surface area contributed by atoms with Crippen LogP contribution in [0.1, 0.15) is 11.3 Å². The van der Waals surface area contributed by atoms with Gasteiger partial charge < -0.3 is 10.1 Å². The van der Waals surface area contributed by atoms with Crippen molar-refractivity contribution in [2.24, 2.45) is 0 Å². The molecule has 2 rings (SSSR count). The first-order valence-electron chi connectivity index (χ1n) is 6.22. The summed E-state index contributed by atoms with van der Waals surface area (Å²) >= 11 is 1.24. The minimum atomic E-state index is -3.72. The summed E-state index contributed by atoms with van der Waals surface area (Å²) in [6.07, 6.45) is 0. The summed E-state index contributed by atoms with van der Waals surface area (Å²) in [6.45, 7) is 2.44. The summed E-state index contributed by atoms with van der Waals surface area (Å²) in [5, 5.41) is 5.13. The van der Waals surface area contributed by atoms with Crippen molar-refractivity contribution in [3.05, 3.63) is 34.8 Å². The zero-order valence-electron chi connectivity index (χ0n) is 12.0. The van der Waals surface area contributed by atoms with Crippen LogP contribution in [0.4, 0.5) is 5.13 Å². The van der Waals surface area contributed by atoms with Crippen molar-refractivity contribution in [2.75, 3.05) is 18.9 Å². The van der Waals surface area contributed by atoms with Gasteiger partial charge in [0.25, 0.3) is 10.0 Å². The number of aromatic nitrogens is 1. The third-order valence-corrected chi connectivity index (χ3v) is 5.12. The van der Waals surface area contributed by atoms with E-state index in [1.165, 1.54) is 24.5 Å². The van der Waals surface area contributed by atoms with E-state index in [-0.39, 0.29) is 4.90 Å². The van der Waals surface area contributed by atoms with Crippen LogP contribution in [0.15, 0.2) is 28.5 Å². The summed E-state index contributed by atoms with van der Waals surface area (Å²) in [5.41, 5.74) is 1.72. The first-order chi connectivity index (χ1) is 9.96. The first kappa shape index (κ1) is 15.7. The number of anilines is 1. The van der Waals surface area contributed by atoms with Crippen LogP contribution in [-0.2, 0) is 16.6 Å². The summed E-state index contributed by atoms with van der Waals surface area (Å²) in [7, 11) is -0.450. The zero-order valence-corrected chi connectivity index (χ0v) is 13.6. The van der Waals surface area contributed by atoms with E-state index in [1.54, 1.807) is 24.4 Å². The highest BCUT2D eigenvalue weighted by atomic mass is 32.2. The number of sulfonamides is 1. The molecule has 8 heteroatoms. The van der Waals surface area contributed by atoms with Crippen LogP contribution in [0.2, 0.25) is 0 Å². The summed E-state index contributed by atoms with van der Waals surface area (Å²) in [5.74, 6) is 0.309. The van der Waals surface area contributed by atoms with Gasteiger partial charge in [0, 0.05) is 11.9 Å². The molecule has 0 saturated heterocycles. The molecular weight excluding hydrogens is 310 g/mol. The molecule has 1 heterocycles. The smallest absolute Gasteiger partial charge is 0.267 e. The lowest BCUT2D eigenvalue weighted by molar-refractivity contribution is 0.402. The van der Waals surface area contributed by atoms with Crippen LogP contribution in [-0.4, -0.2) is 27.6 Å². The molecule has 2 N–H and O–H groups in total. The molecule has 0 atom stereocenters. The lowest BCUT2D eigenvalue weighted by Gasteiger charge is -2.11. The fourth-order valence-corrected chi connectivity index (χ4v) is 3.91. The van der Waals surface area contributed by atoms with Gasteiger partial charge in [-0.15, -0.1) is 11.3 Å². The number of aryl methyl sites for hydroxylation is 1. The maximum Gasteiger partial charge on any atom is 0.267 e. The lowest BCUT2D eigenvalue weighted by Crippen LogP contribution is -2.14. The Labute approximate surface area is 128 Å². The number of rotatable bonds is 6. The van der Waals surface area contributed by atoms with Gasteiger partial charge in [-0.3, -0.25) is 4.72 Å². The molecule has 0 aliphatic heterocycles. The van der Waals surface area contributed by atoms with Crippen molar-refractivity contribution in [1.82, 2.24) is 10.3 Å². The lowest BCUT2D eigenvalue weighted by atomic mass is 10.2. The van der Waals surface area contributed by atoms with Gasteiger partial charge in [0.2, 0.25) is 0 Å². The van der Waals surface area contributed by atoms with E-state index >= 15 is 0 Å². The van der Waals surface area contributed by atoms with Crippen LogP contribution >= 0.6 is 11.3 Å². The van der Waals surface area contributed by atoms with E-state index in [1.807, 2.05) is 7.05 Å². The molecule has 2 aromatic rings. The molecular formula is C13H17N3O3S2. The number of ether oxygens (including phenoxy) is 1. The third kappa shape index (κ3) is 3.72. The van der Waals surface area contributed by atoms with Gasteiger partial charge in [-0.25, -0.2) is 13.4 Å². The van der Waals surface area contributed by atoms with Crippen LogP contribution in [0, 0.1) is 6.92 Å². The molecule has 0 bridgehead atoms. The number of thiazole rings is 1. The minimum absolute atomic E-state index is 0.0951. The van der Waals surface area contributed by atoms with Crippen molar-refractivity contribution in [2.45, 2.75) is 18.4 Å². The van der Waals surface area contributed by atoms with Gasteiger partial charge in [-0.05, 0) is 31.7 Å². The van der Waals surface area contributed by atoms with Crippen molar-refractivity contribution in [1.29, 1.82) is 0 Å². The van der Waals surface area contributed by atoms with E-state index in [4.69, 9.17) is 4.74 Å². The van der Waals surface area contributed by atoms with Crippen LogP contribution < -0.4 is 14.8 Å². The Bertz CT molecular complexity index is 726. The van der Waals surface area contributed by atoms with Crippen molar-refractivity contribution in [3.8, 4) is 5.75 Å². The topological polar surface area (TPSA) is 80.3 Å². The molecule has 1 aromatic carbocycles. The Morgan fingerprint density at radius 3 is 2.71 bits per heavy atom. The van der Waals surface area contributed by atoms with Gasteiger partial charge in [0.05, 0.1) is 12.8 Å². The molecule has 1 aromatic heterocycles. The van der Waals surface area contributed by atoms with E-state index < -0.39 is 10.0 Å². The second-order valence-corrected chi connectivity index (χ2v) is 6.92. The van der Waals surface area contributed by atoms with Crippen LogP contribution in [0.3, 0.4) is 0 Å². The van der Waals surface area contributed by atoms with Gasteiger partial charge >= 0.3 is 0 Å². The Balaban J connectivity index is 2.34.